The number of sulfonamides is 1. The molecule has 0 saturated carbocycles. The molecule has 0 amide bonds. The highest BCUT2D eigenvalue weighted by molar-refractivity contribution is 7.99. The van der Waals surface area contributed by atoms with Crippen LogP contribution in [-0.2, 0) is 10.0 Å². The Balaban J connectivity index is 2.31. The molecule has 0 aliphatic rings. The maximum atomic E-state index is 12.6. The molecule has 0 saturated heterocycles. The smallest absolute Gasteiger partial charge is 0.277 e. The predicted octanol–water partition coefficient (Wildman–Crippen LogP) is 3.66. The molecule has 0 radical (unpaired) electrons. The fourth-order valence-electron chi connectivity index (χ4n) is 2.13. The third-order valence-corrected chi connectivity index (χ3v) is 6.86. The largest absolute Gasteiger partial charge is 0.411 e. The van der Waals surface area contributed by atoms with Crippen molar-refractivity contribution in [1.29, 1.82) is 0 Å². The molecule has 0 spiro atoms. The van der Waals surface area contributed by atoms with Gasteiger partial charge in [-0.05, 0) is 24.6 Å². The molecule has 0 bridgehead atoms. The zero-order chi connectivity index (χ0) is 17.7. The van der Waals surface area contributed by atoms with Crippen molar-refractivity contribution in [2.45, 2.75) is 49.5 Å². The molecule has 0 aliphatic carbocycles. The van der Waals surface area contributed by atoms with Crippen molar-refractivity contribution in [3.63, 3.8) is 0 Å². The molecular formula is C16H23N3O3S2. The van der Waals surface area contributed by atoms with Crippen LogP contribution in [0.15, 0.2) is 38.8 Å². The quantitative estimate of drug-likeness (QED) is 0.661. The second-order valence-electron chi connectivity index (χ2n) is 5.33. The lowest BCUT2D eigenvalue weighted by Crippen LogP contribution is -2.30. The first-order valence-corrected chi connectivity index (χ1v) is 10.3. The second-order valence-corrected chi connectivity index (χ2v) is 8.65. The third-order valence-electron chi connectivity index (χ3n) is 3.71. The van der Waals surface area contributed by atoms with E-state index in [2.05, 4.69) is 24.0 Å². The van der Waals surface area contributed by atoms with Crippen LogP contribution < -0.4 is 0 Å². The average Bonchev–Trinajstić information content (AvgIpc) is 3.04. The Hall–Kier alpha value is -1.38. The standard InChI is InChI=1S/C16H23N3O3S2/c1-5-12(4)23-16-18-17-15(22-16)13-9-8-10-14(11-13)24(20,21)19(6-2)7-3/h8-12H,5-7H2,1-4H3. The number of nitrogens with zero attached hydrogens (tertiary/aromatic N) is 3. The van der Waals surface area contributed by atoms with Crippen LogP contribution in [0.3, 0.4) is 0 Å². The van der Waals surface area contributed by atoms with E-state index in [1.807, 2.05) is 13.8 Å². The van der Waals surface area contributed by atoms with Gasteiger partial charge in [-0.3, -0.25) is 0 Å². The molecular weight excluding hydrogens is 346 g/mol. The lowest BCUT2D eigenvalue weighted by atomic mass is 10.2. The maximum absolute atomic E-state index is 12.6. The van der Waals surface area contributed by atoms with Crippen LogP contribution in [0.1, 0.15) is 34.1 Å². The summed E-state index contributed by atoms with van der Waals surface area (Å²) in [5.74, 6) is 0.331. The number of aromatic nitrogens is 2. The van der Waals surface area contributed by atoms with Crippen LogP contribution in [-0.4, -0.2) is 41.3 Å². The van der Waals surface area contributed by atoms with Gasteiger partial charge in [0.25, 0.3) is 5.22 Å². The van der Waals surface area contributed by atoms with Gasteiger partial charge >= 0.3 is 0 Å². The van der Waals surface area contributed by atoms with Crippen LogP contribution in [0.25, 0.3) is 11.5 Å². The Morgan fingerprint density at radius 1 is 1.21 bits per heavy atom. The zero-order valence-electron chi connectivity index (χ0n) is 14.4. The molecule has 0 N–H and O–H groups in total. The summed E-state index contributed by atoms with van der Waals surface area (Å²) in [5.41, 5.74) is 0.603. The van der Waals surface area contributed by atoms with Gasteiger partial charge in [-0.25, -0.2) is 8.42 Å². The van der Waals surface area contributed by atoms with Gasteiger partial charge in [-0.2, -0.15) is 4.31 Å². The van der Waals surface area contributed by atoms with Gasteiger partial charge < -0.3 is 4.42 Å². The molecule has 132 valence electrons. The Kier molecular flexibility index (Phi) is 6.42. The molecule has 0 fully saturated rings. The highest BCUT2D eigenvalue weighted by atomic mass is 32.2. The highest BCUT2D eigenvalue weighted by Crippen LogP contribution is 2.28. The molecule has 0 aliphatic heterocycles. The Bertz CT molecular complexity index is 770. The van der Waals surface area contributed by atoms with E-state index in [0.717, 1.165) is 6.42 Å². The zero-order valence-corrected chi connectivity index (χ0v) is 16.0. The summed E-state index contributed by atoms with van der Waals surface area (Å²) in [5, 5.41) is 8.94. The fourth-order valence-corrected chi connectivity index (χ4v) is 4.36. The second kappa shape index (κ2) is 8.13. The van der Waals surface area contributed by atoms with Gasteiger partial charge in [0.2, 0.25) is 15.9 Å². The summed E-state index contributed by atoms with van der Waals surface area (Å²) in [6.07, 6.45) is 1.000. The van der Waals surface area contributed by atoms with E-state index >= 15 is 0 Å². The van der Waals surface area contributed by atoms with Gasteiger partial charge in [0, 0.05) is 23.9 Å². The van der Waals surface area contributed by atoms with E-state index in [-0.39, 0.29) is 4.90 Å². The van der Waals surface area contributed by atoms with Crippen LogP contribution >= 0.6 is 11.8 Å². The predicted molar refractivity (Wildman–Crippen MR) is 95.5 cm³/mol. The summed E-state index contributed by atoms with van der Waals surface area (Å²) >= 11 is 1.51. The van der Waals surface area contributed by atoms with Crippen LogP contribution in [0.5, 0.6) is 0 Å². The summed E-state index contributed by atoms with van der Waals surface area (Å²) in [6, 6.07) is 6.63. The van der Waals surface area contributed by atoms with Gasteiger partial charge in [-0.15, -0.1) is 10.2 Å². The number of benzene rings is 1. The number of hydrogen-bond donors (Lipinski definition) is 0. The molecule has 8 heteroatoms. The maximum Gasteiger partial charge on any atom is 0.277 e. The molecule has 1 aromatic carbocycles. The molecule has 1 aromatic heterocycles. The minimum absolute atomic E-state index is 0.234. The van der Waals surface area contributed by atoms with Gasteiger partial charge in [-0.1, -0.05) is 45.5 Å². The number of hydrogen-bond acceptors (Lipinski definition) is 6. The van der Waals surface area contributed by atoms with E-state index in [4.69, 9.17) is 4.42 Å². The highest BCUT2D eigenvalue weighted by Gasteiger charge is 2.22. The summed E-state index contributed by atoms with van der Waals surface area (Å²) in [6.45, 7) is 8.68. The first kappa shape index (κ1) is 19.0. The molecule has 2 aromatic rings. The average molecular weight is 370 g/mol. The normalized spacial score (nSPS) is 13.4. The monoisotopic (exact) mass is 369 g/mol. The van der Waals surface area contributed by atoms with Crippen LogP contribution in [0.2, 0.25) is 0 Å². The Labute approximate surface area is 147 Å². The lowest BCUT2D eigenvalue weighted by molar-refractivity contribution is 0.445. The van der Waals surface area contributed by atoms with Crippen LogP contribution in [0, 0.1) is 0 Å². The first-order chi connectivity index (χ1) is 11.4. The molecule has 2 rings (SSSR count). The van der Waals surface area contributed by atoms with Crippen molar-refractivity contribution in [3.8, 4) is 11.5 Å². The SMILES string of the molecule is CCC(C)Sc1nnc(-c2cccc(S(=O)(=O)N(CC)CC)c2)o1. The van der Waals surface area contributed by atoms with E-state index in [1.165, 1.54) is 16.1 Å². The van der Waals surface area contributed by atoms with Crippen molar-refractivity contribution in [1.82, 2.24) is 14.5 Å². The van der Waals surface area contributed by atoms with Crippen molar-refractivity contribution in [2.75, 3.05) is 13.1 Å². The van der Waals surface area contributed by atoms with Crippen molar-refractivity contribution in [2.24, 2.45) is 0 Å². The molecule has 6 nitrogen and oxygen atoms in total. The number of rotatable bonds is 8. The Morgan fingerprint density at radius 2 is 1.92 bits per heavy atom. The lowest BCUT2D eigenvalue weighted by Gasteiger charge is -2.18. The van der Waals surface area contributed by atoms with Gasteiger partial charge in [0.1, 0.15) is 0 Å². The minimum Gasteiger partial charge on any atom is -0.411 e. The topological polar surface area (TPSA) is 76.3 Å². The fraction of sp³-hybridized carbons (Fsp3) is 0.500. The van der Waals surface area contributed by atoms with Crippen LogP contribution in [0.4, 0.5) is 0 Å². The first-order valence-electron chi connectivity index (χ1n) is 8.03. The third kappa shape index (κ3) is 4.17. The van der Waals surface area contributed by atoms with Gasteiger partial charge in [0.15, 0.2) is 0 Å². The summed E-state index contributed by atoms with van der Waals surface area (Å²) in [4.78, 5) is 0.234. The minimum atomic E-state index is -3.51. The molecule has 24 heavy (non-hydrogen) atoms. The molecule has 1 atom stereocenters. The molecule has 1 unspecified atom stereocenters. The van der Waals surface area contributed by atoms with Crippen molar-refractivity contribution in [3.05, 3.63) is 24.3 Å². The Morgan fingerprint density at radius 3 is 2.54 bits per heavy atom. The van der Waals surface area contributed by atoms with E-state index in [0.29, 0.717) is 35.0 Å². The van der Waals surface area contributed by atoms with E-state index in [1.54, 1.807) is 24.3 Å². The summed E-state index contributed by atoms with van der Waals surface area (Å²) in [7, 11) is -3.51. The number of thioether (sulfide) groups is 1. The van der Waals surface area contributed by atoms with Gasteiger partial charge in [0.05, 0.1) is 4.90 Å². The van der Waals surface area contributed by atoms with E-state index < -0.39 is 10.0 Å². The van der Waals surface area contributed by atoms with E-state index in [9.17, 15) is 8.42 Å². The van der Waals surface area contributed by atoms with Crippen molar-refractivity contribution >= 4 is 21.8 Å². The summed E-state index contributed by atoms with van der Waals surface area (Å²) < 4.78 is 32.3. The molecule has 1 heterocycles. The van der Waals surface area contributed by atoms with Crippen molar-refractivity contribution < 1.29 is 12.8 Å².